The summed E-state index contributed by atoms with van der Waals surface area (Å²) in [6.45, 7) is 2.18. The summed E-state index contributed by atoms with van der Waals surface area (Å²) in [6, 6.07) is 12.0. The zero-order chi connectivity index (χ0) is 9.80. The minimum atomic E-state index is -0.393. The van der Waals surface area contributed by atoms with Crippen molar-refractivity contribution in [2.45, 2.75) is 0 Å². The van der Waals surface area contributed by atoms with Crippen molar-refractivity contribution in [2.75, 3.05) is 6.66 Å². The van der Waals surface area contributed by atoms with E-state index in [1.54, 1.807) is 0 Å². The van der Waals surface area contributed by atoms with Gasteiger partial charge in [-0.15, -0.1) is 0 Å². The van der Waals surface area contributed by atoms with Crippen LogP contribution in [0, 0.1) is 0 Å². The van der Waals surface area contributed by atoms with Crippen LogP contribution in [0.1, 0.15) is 0 Å². The molecule has 0 radical (unpaired) electrons. The lowest BCUT2D eigenvalue weighted by Crippen LogP contribution is -2.15. The van der Waals surface area contributed by atoms with Gasteiger partial charge in [-0.05, 0) is 38.9 Å². The molecular weight excluding hydrogens is 191 g/mol. The van der Waals surface area contributed by atoms with Crippen LogP contribution in [0.2, 0.25) is 0 Å². The van der Waals surface area contributed by atoms with Crippen LogP contribution in [0.25, 0.3) is 0 Å². The van der Waals surface area contributed by atoms with Crippen LogP contribution in [0.3, 0.4) is 0 Å². The topological polar surface area (TPSA) is 25.8 Å². The molecule has 2 aromatic heterocycles. The van der Waals surface area contributed by atoms with Crippen LogP contribution in [0.4, 0.5) is 0 Å². The molecule has 0 aromatic carbocycles. The number of rotatable bonds is 2. The number of pyridine rings is 2. The third kappa shape index (κ3) is 1.97. The van der Waals surface area contributed by atoms with Gasteiger partial charge in [-0.25, -0.2) is 0 Å². The third-order valence-electron chi connectivity index (χ3n) is 1.99. The minimum Gasteiger partial charge on any atom is -0.256 e. The normalized spacial score (nSPS) is 10.4. The number of hydrogen-bond donors (Lipinski definition) is 0. The van der Waals surface area contributed by atoms with E-state index in [0.717, 1.165) is 10.9 Å². The van der Waals surface area contributed by atoms with E-state index in [-0.39, 0.29) is 0 Å². The van der Waals surface area contributed by atoms with E-state index in [9.17, 15) is 0 Å². The van der Waals surface area contributed by atoms with Crippen LogP contribution in [-0.2, 0) is 0 Å². The van der Waals surface area contributed by atoms with Crippen molar-refractivity contribution in [3.8, 4) is 0 Å². The van der Waals surface area contributed by atoms with Gasteiger partial charge in [0.15, 0.2) is 0 Å². The molecule has 0 saturated carbocycles. The van der Waals surface area contributed by atoms with E-state index < -0.39 is 7.92 Å². The molecule has 3 heteroatoms. The van der Waals surface area contributed by atoms with Crippen molar-refractivity contribution >= 4 is 18.8 Å². The Hall–Kier alpha value is -1.27. The Kier molecular flexibility index (Phi) is 2.85. The molecule has 2 aromatic rings. The molecule has 2 heterocycles. The second kappa shape index (κ2) is 4.30. The summed E-state index contributed by atoms with van der Waals surface area (Å²) in [5.41, 5.74) is 2.25. The first-order valence-corrected chi connectivity index (χ1v) is 6.22. The standard InChI is InChI=1S/C11H11N2P/c1-14(10-6-2-4-8-12-10)11-7-3-5-9-13-11/h2-9H,1H3. The Bertz CT molecular complexity index is 349. The summed E-state index contributed by atoms with van der Waals surface area (Å²) in [5.74, 6) is 0. The van der Waals surface area contributed by atoms with E-state index in [0.29, 0.717) is 0 Å². The van der Waals surface area contributed by atoms with E-state index in [1.807, 2.05) is 36.7 Å². The van der Waals surface area contributed by atoms with E-state index in [1.165, 1.54) is 0 Å². The molecule has 0 aliphatic carbocycles. The SMILES string of the molecule is CP(c1ccccn1)c1ccccn1. The van der Waals surface area contributed by atoms with Gasteiger partial charge in [-0.1, -0.05) is 12.1 Å². The maximum absolute atomic E-state index is 4.34. The average molecular weight is 202 g/mol. The molecule has 14 heavy (non-hydrogen) atoms. The largest absolute Gasteiger partial charge is 0.256 e. The zero-order valence-corrected chi connectivity index (χ0v) is 8.85. The fourth-order valence-corrected chi connectivity index (χ4v) is 2.56. The first kappa shape index (κ1) is 9.29. The van der Waals surface area contributed by atoms with E-state index in [4.69, 9.17) is 0 Å². The number of aromatic nitrogens is 2. The van der Waals surface area contributed by atoms with Gasteiger partial charge in [0.1, 0.15) is 0 Å². The Balaban J connectivity index is 2.30. The van der Waals surface area contributed by atoms with Gasteiger partial charge in [0.2, 0.25) is 0 Å². The molecule has 0 N–H and O–H groups in total. The quantitative estimate of drug-likeness (QED) is 0.690. The molecule has 0 aliphatic heterocycles. The molecular formula is C11H11N2P. The number of nitrogens with zero attached hydrogens (tertiary/aromatic N) is 2. The molecule has 0 bridgehead atoms. The first-order valence-electron chi connectivity index (χ1n) is 4.44. The molecule has 2 rings (SSSR count). The molecule has 0 saturated heterocycles. The molecule has 0 unspecified atom stereocenters. The average Bonchev–Trinajstić information content (AvgIpc) is 2.30. The zero-order valence-electron chi connectivity index (χ0n) is 7.96. The maximum Gasteiger partial charge on any atom is 0.0689 e. The lowest BCUT2D eigenvalue weighted by atomic mass is 10.5. The fourth-order valence-electron chi connectivity index (χ4n) is 1.22. The van der Waals surface area contributed by atoms with Gasteiger partial charge in [-0.3, -0.25) is 9.97 Å². The molecule has 0 amide bonds. The highest BCUT2D eigenvalue weighted by atomic mass is 31.1. The Morgan fingerprint density at radius 2 is 1.36 bits per heavy atom. The second-order valence-electron chi connectivity index (χ2n) is 2.93. The van der Waals surface area contributed by atoms with Crippen molar-refractivity contribution in [2.24, 2.45) is 0 Å². The van der Waals surface area contributed by atoms with Crippen molar-refractivity contribution in [1.82, 2.24) is 9.97 Å². The smallest absolute Gasteiger partial charge is 0.0689 e. The van der Waals surface area contributed by atoms with Gasteiger partial charge in [-0.2, -0.15) is 0 Å². The lowest BCUT2D eigenvalue weighted by molar-refractivity contribution is 1.37. The van der Waals surface area contributed by atoms with Crippen LogP contribution < -0.4 is 10.9 Å². The fraction of sp³-hybridized carbons (Fsp3) is 0.0909. The van der Waals surface area contributed by atoms with Gasteiger partial charge < -0.3 is 0 Å². The molecule has 0 fully saturated rings. The van der Waals surface area contributed by atoms with Gasteiger partial charge in [0, 0.05) is 12.4 Å². The molecule has 70 valence electrons. The first-order chi connectivity index (χ1) is 6.88. The predicted molar refractivity (Wildman–Crippen MR) is 60.6 cm³/mol. The maximum atomic E-state index is 4.34. The third-order valence-corrected chi connectivity index (χ3v) is 3.89. The van der Waals surface area contributed by atoms with Crippen LogP contribution in [-0.4, -0.2) is 16.6 Å². The molecule has 0 atom stereocenters. The molecule has 0 aliphatic rings. The van der Waals surface area contributed by atoms with Crippen LogP contribution in [0.5, 0.6) is 0 Å². The van der Waals surface area contributed by atoms with Crippen molar-refractivity contribution in [3.05, 3.63) is 48.8 Å². The van der Waals surface area contributed by atoms with Crippen molar-refractivity contribution in [1.29, 1.82) is 0 Å². The summed E-state index contributed by atoms with van der Waals surface area (Å²) in [4.78, 5) is 8.69. The van der Waals surface area contributed by atoms with Crippen LogP contribution >= 0.6 is 7.92 Å². The number of hydrogen-bond acceptors (Lipinski definition) is 2. The predicted octanol–water partition coefficient (Wildman–Crippen LogP) is 1.54. The van der Waals surface area contributed by atoms with E-state index >= 15 is 0 Å². The minimum absolute atomic E-state index is 0.393. The summed E-state index contributed by atoms with van der Waals surface area (Å²) >= 11 is 0. The monoisotopic (exact) mass is 202 g/mol. The lowest BCUT2D eigenvalue weighted by Gasteiger charge is -2.09. The van der Waals surface area contributed by atoms with Gasteiger partial charge >= 0.3 is 0 Å². The molecule has 0 spiro atoms. The van der Waals surface area contributed by atoms with Gasteiger partial charge in [0.25, 0.3) is 0 Å². The second-order valence-corrected chi connectivity index (χ2v) is 4.97. The van der Waals surface area contributed by atoms with Crippen LogP contribution in [0.15, 0.2) is 48.8 Å². The molecule has 2 nitrogen and oxygen atoms in total. The highest BCUT2D eigenvalue weighted by Crippen LogP contribution is 2.25. The van der Waals surface area contributed by atoms with E-state index in [2.05, 4.69) is 28.8 Å². The summed E-state index contributed by atoms with van der Waals surface area (Å²) in [5, 5.41) is 0. The Morgan fingerprint density at radius 3 is 1.71 bits per heavy atom. The Morgan fingerprint density at radius 1 is 0.857 bits per heavy atom. The highest BCUT2D eigenvalue weighted by molar-refractivity contribution is 7.71. The van der Waals surface area contributed by atoms with Crippen molar-refractivity contribution < 1.29 is 0 Å². The summed E-state index contributed by atoms with van der Waals surface area (Å²) in [6.07, 6.45) is 3.66. The van der Waals surface area contributed by atoms with Gasteiger partial charge in [0.05, 0.1) is 10.9 Å². The summed E-state index contributed by atoms with van der Waals surface area (Å²) < 4.78 is 0. The highest BCUT2D eigenvalue weighted by Gasteiger charge is 2.08. The summed E-state index contributed by atoms with van der Waals surface area (Å²) in [7, 11) is -0.393. The van der Waals surface area contributed by atoms with Crippen molar-refractivity contribution in [3.63, 3.8) is 0 Å². The Labute approximate surface area is 84.8 Å².